The normalized spacial score (nSPS) is 21.8. The second-order valence-electron chi connectivity index (χ2n) is 3.51. The Morgan fingerprint density at radius 2 is 1.83 bits per heavy atom. The minimum atomic E-state index is 0.961. The number of nitrogens with zero attached hydrogens (tertiary/aromatic N) is 1. The Morgan fingerprint density at radius 1 is 1.17 bits per heavy atom. The Bertz CT molecular complexity index is 95.3. The molecule has 0 bridgehead atoms. The quantitative estimate of drug-likeness (QED) is 0.643. The van der Waals surface area contributed by atoms with Crippen LogP contribution in [0.15, 0.2) is 0 Å². The second-order valence-corrected chi connectivity index (χ2v) is 3.51. The molecule has 1 saturated heterocycles. The molecule has 0 unspecified atom stereocenters. The Hall–Kier alpha value is -0.0800. The zero-order valence-electron chi connectivity index (χ0n) is 8.22. The van der Waals surface area contributed by atoms with Gasteiger partial charge in [0.05, 0.1) is 0 Å². The van der Waals surface area contributed by atoms with Crippen molar-refractivity contribution in [1.29, 1.82) is 0 Å². The fourth-order valence-electron chi connectivity index (χ4n) is 1.60. The molecular formula is C10H21NO. The average Bonchev–Trinajstić information content (AvgIpc) is 2.02. The summed E-state index contributed by atoms with van der Waals surface area (Å²) in [5, 5.41) is 0. The highest BCUT2D eigenvalue weighted by atomic mass is 16.5. The SMILES string of the molecule is CCCCN1CCCOCCC1. The Morgan fingerprint density at radius 3 is 2.42 bits per heavy atom. The summed E-state index contributed by atoms with van der Waals surface area (Å²) in [6.45, 7) is 7.94. The van der Waals surface area contributed by atoms with Gasteiger partial charge in [0.1, 0.15) is 0 Å². The Kier molecular flexibility index (Phi) is 5.37. The lowest BCUT2D eigenvalue weighted by atomic mass is 10.2. The standard InChI is InChI=1S/C10H21NO/c1-2-3-6-11-7-4-9-12-10-5-8-11/h2-10H2,1H3. The monoisotopic (exact) mass is 171 g/mol. The zero-order chi connectivity index (χ0) is 8.65. The lowest BCUT2D eigenvalue weighted by molar-refractivity contribution is 0.0883. The zero-order valence-corrected chi connectivity index (χ0v) is 8.22. The Labute approximate surface area is 75.9 Å². The molecule has 0 aromatic rings. The molecule has 0 amide bonds. The molecule has 0 atom stereocenters. The van der Waals surface area contributed by atoms with Gasteiger partial charge in [-0.15, -0.1) is 0 Å². The first-order chi connectivity index (χ1) is 5.93. The topological polar surface area (TPSA) is 12.5 Å². The molecule has 0 spiro atoms. The minimum Gasteiger partial charge on any atom is -0.381 e. The van der Waals surface area contributed by atoms with Crippen molar-refractivity contribution >= 4 is 0 Å². The average molecular weight is 171 g/mol. The van der Waals surface area contributed by atoms with E-state index in [-0.39, 0.29) is 0 Å². The van der Waals surface area contributed by atoms with Gasteiger partial charge in [-0.2, -0.15) is 0 Å². The first-order valence-electron chi connectivity index (χ1n) is 5.23. The van der Waals surface area contributed by atoms with Crippen LogP contribution in [0.25, 0.3) is 0 Å². The summed E-state index contributed by atoms with van der Waals surface area (Å²) >= 11 is 0. The van der Waals surface area contributed by atoms with E-state index in [1.54, 1.807) is 0 Å². The molecule has 1 aliphatic heterocycles. The van der Waals surface area contributed by atoms with Crippen LogP contribution in [-0.2, 0) is 4.74 Å². The van der Waals surface area contributed by atoms with Gasteiger partial charge in [-0.25, -0.2) is 0 Å². The van der Waals surface area contributed by atoms with Crippen molar-refractivity contribution in [1.82, 2.24) is 4.90 Å². The molecule has 0 aromatic heterocycles. The number of unbranched alkanes of at least 4 members (excludes halogenated alkanes) is 1. The van der Waals surface area contributed by atoms with E-state index in [9.17, 15) is 0 Å². The number of ether oxygens (including phenoxy) is 1. The molecule has 0 aromatic carbocycles. The van der Waals surface area contributed by atoms with Crippen molar-refractivity contribution in [2.75, 3.05) is 32.8 Å². The van der Waals surface area contributed by atoms with Gasteiger partial charge in [-0.3, -0.25) is 0 Å². The van der Waals surface area contributed by atoms with E-state index in [0.29, 0.717) is 0 Å². The smallest absolute Gasteiger partial charge is 0.0478 e. The molecule has 2 nitrogen and oxygen atoms in total. The lowest BCUT2D eigenvalue weighted by Crippen LogP contribution is -2.30. The van der Waals surface area contributed by atoms with Crippen molar-refractivity contribution in [3.8, 4) is 0 Å². The van der Waals surface area contributed by atoms with E-state index in [1.807, 2.05) is 0 Å². The van der Waals surface area contributed by atoms with Crippen LogP contribution in [0.2, 0.25) is 0 Å². The molecule has 1 rings (SSSR count). The summed E-state index contributed by atoms with van der Waals surface area (Å²) in [6, 6.07) is 0. The van der Waals surface area contributed by atoms with Gasteiger partial charge < -0.3 is 9.64 Å². The van der Waals surface area contributed by atoms with Gasteiger partial charge in [0.25, 0.3) is 0 Å². The van der Waals surface area contributed by atoms with Crippen molar-refractivity contribution in [2.45, 2.75) is 32.6 Å². The molecule has 12 heavy (non-hydrogen) atoms. The summed E-state index contributed by atoms with van der Waals surface area (Å²) in [4.78, 5) is 2.58. The second kappa shape index (κ2) is 6.44. The highest BCUT2D eigenvalue weighted by molar-refractivity contribution is 4.60. The molecule has 1 aliphatic rings. The van der Waals surface area contributed by atoms with Crippen molar-refractivity contribution in [2.24, 2.45) is 0 Å². The van der Waals surface area contributed by atoms with Crippen molar-refractivity contribution in [3.05, 3.63) is 0 Å². The maximum Gasteiger partial charge on any atom is 0.0478 e. The molecule has 0 aliphatic carbocycles. The largest absolute Gasteiger partial charge is 0.381 e. The van der Waals surface area contributed by atoms with E-state index in [1.165, 1.54) is 45.3 Å². The van der Waals surface area contributed by atoms with Crippen LogP contribution in [0.1, 0.15) is 32.6 Å². The maximum atomic E-state index is 5.40. The van der Waals surface area contributed by atoms with Crippen LogP contribution in [0.3, 0.4) is 0 Å². The van der Waals surface area contributed by atoms with E-state index in [2.05, 4.69) is 11.8 Å². The molecular weight excluding hydrogens is 150 g/mol. The third-order valence-corrected chi connectivity index (χ3v) is 2.35. The molecule has 0 radical (unpaired) electrons. The number of rotatable bonds is 3. The highest BCUT2D eigenvalue weighted by Gasteiger charge is 2.06. The van der Waals surface area contributed by atoms with Crippen LogP contribution in [0, 0.1) is 0 Å². The van der Waals surface area contributed by atoms with Crippen molar-refractivity contribution < 1.29 is 4.74 Å². The van der Waals surface area contributed by atoms with Crippen LogP contribution in [0.4, 0.5) is 0 Å². The van der Waals surface area contributed by atoms with Gasteiger partial charge >= 0.3 is 0 Å². The molecule has 0 N–H and O–H groups in total. The summed E-state index contributed by atoms with van der Waals surface area (Å²) < 4.78 is 5.40. The third-order valence-electron chi connectivity index (χ3n) is 2.35. The van der Waals surface area contributed by atoms with Crippen LogP contribution < -0.4 is 0 Å². The summed E-state index contributed by atoms with van der Waals surface area (Å²) in [5.74, 6) is 0. The van der Waals surface area contributed by atoms with Gasteiger partial charge in [-0.05, 0) is 25.8 Å². The molecule has 1 heterocycles. The molecule has 72 valence electrons. The summed E-state index contributed by atoms with van der Waals surface area (Å²) in [5.41, 5.74) is 0. The molecule has 2 heteroatoms. The highest BCUT2D eigenvalue weighted by Crippen LogP contribution is 2.02. The lowest BCUT2D eigenvalue weighted by Gasteiger charge is -2.24. The van der Waals surface area contributed by atoms with E-state index in [0.717, 1.165) is 13.2 Å². The summed E-state index contributed by atoms with van der Waals surface area (Å²) in [7, 11) is 0. The van der Waals surface area contributed by atoms with Crippen LogP contribution in [0.5, 0.6) is 0 Å². The predicted molar refractivity (Wildman–Crippen MR) is 51.4 cm³/mol. The number of hydrogen-bond acceptors (Lipinski definition) is 2. The number of hydrogen-bond donors (Lipinski definition) is 0. The third kappa shape index (κ3) is 4.07. The van der Waals surface area contributed by atoms with Crippen LogP contribution in [-0.4, -0.2) is 37.7 Å². The van der Waals surface area contributed by atoms with E-state index < -0.39 is 0 Å². The van der Waals surface area contributed by atoms with Gasteiger partial charge in [0.2, 0.25) is 0 Å². The van der Waals surface area contributed by atoms with Gasteiger partial charge in [-0.1, -0.05) is 13.3 Å². The fourth-order valence-corrected chi connectivity index (χ4v) is 1.60. The first kappa shape index (κ1) is 10.0. The Balaban J connectivity index is 2.11. The summed E-state index contributed by atoms with van der Waals surface area (Å²) in [6.07, 6.45) is 5.08. The molecule has 0 saturated carbocycles. The van der Waals surface area contributed by atoms with E-state index in [4.69, 9.17) is 4.74 Å². The molecule has 1 fully saturated rings. The minimum absolute atomic E-state index is 0.961. The fraction of sp³-hybridized carbons (Fsp3) is 1.00. The van der Waals surface area contributed by atoms with Gasteiger partial charge in [0.15, 0.2) is 0 Å². The first-order valence-corrected chi connectivity index (χ1v) is 5.23. The maximum absolute atomic E-state index is 5.40. The van der Waals surface area contributed by atoms with Crippen molar-refractivity contribution in [3.63, 3.8) is 0 Å². The predicted octanol–water partition coefficient (Wildman–Crippen LogP) is 1.90. The van der Waals surface area contributed by atoms with Gasteiger partial charge in [0, 0.05) is 26.3 Å². The van der Waals surface area contributed by atoms with E-state index >= 15 is 0 Å². The van der Waals surface area contributed by atoms with Crippen LogP contribution >= 0.6 is 0 Å².